The lowest BCUT2D eigenvalue weighted by Crippen LogP contribution is -2.20. The Hall–Kier alpha value is -3.97. The van der Waals surface area contributed by atoms with E-state index in [0.717, 1.165) is 40.1 Å². The number of aryl methyl sites for hydroxylation is 3. The fourth-order valence-electron chi connectivity index (χ4n) is 5.38. The van der Waals surface area contributed by atoms with Gasteiger partial charge in [-0.1, -0.05) is 60.7 Å². The first-order valence-corrected chi connectivity index (χ1v) is 13.6. The Morgan fingerprint density at radius 1 is 1.00 bits per heavy atom. The lowest BCUT2D eigenvalue weighted by atomic mass is 9.82. The lowest BCUT2D eigenvalue weighted by molar-refractivity contribution is -0.140. The maximum absolute atomic E-state index is 12.8. The summed E-state index contributed by atoms with van der Waals surface area (Å²) in [5.41, 5.74) is 8.38. The number of carboxylic acids is 1. The summed E-state index contributed by atoms with van der Waals surface area (Å²) in [5, 5.41) is 12.6. The summed E-state index contributed by atoms with van der Waals surface area (Å²) < 4.78 is 10.1. The zero-order chi connectivity index (χ0) is 26.4. The van der Waals surface area contributed by atoms with Gasteiger partial charge in [-0.25, -0.2) is 4.79 Å². The molecule has 2 aliphatic rings. The van der Waals surface area contributed by atoms with Gasteiger partial charge in [0.05, 0.1) is 21.7 Å². The lowest BCUT2D eigenvalue weighted by Gasteiger charge is -2.23. The van der Waals surface area contributed by atoms with E-state index >= 15 is 0 Å². The molecule has 3 aromatic carbocycles. The van der Waals surface area contributed by atoms with E-state index in [1.54, 1.807) is 0 Å². The van der Waals surface area contributed by atoms with E-state index in [1.807, 2.05) is 50.2 Å². The number of ether oxygens (including phenoxy) is 1. The van der Waals surface area contributed by atoms with Crippen molar-refractivity contribution in [3.63, 3.8) is 0 Å². The second-order valence-electron chi connectivity index (χ2n) is 10.2. The van der Waals surface area contributed by atoms with Crippen molar-refractivity contribution in [2.75, 3.05) is 5.32 Å². The number of nitrogens with zero attached hydrogens (tertiary/aromatic N) is 1. The minimum atomic E-state index is -0.721. The van der Waals surface area contributed by atoms with Gasteiger partial charge in [-0.2, -0.15) is 4.37 Å². The predicted octanol–water partition coefficient (Wildman–Crippen LogP) is 7.31. The van der Waals surface area contributed by atoms with E-state index in [2.05, 4.69) is 40.0 Å². The second-order valence-corrected chi connectivity index (χ2v) is 11.0. The van der Waals surface area contributed by atoms with Crippen LogP contribution in [0.3, 0.4) is 0 Å². The van der Waals surface area contributed by atoms with Crippen molar-refractivity contribution < 1.29 is 19.4 Å². The molecular weight excluding hydrogens is 496 g/mol. The van der Waals surface area contributed by atoms with E-state index < -0.39 is 17.5 Å². The van der Waals surface area contributed by atoms with E-state index in [-0.39, 0.29) is 6.10 Å². The van der Waals surface area contributed by atoms with Gasteiger partial charge in [0.15, 0.2) is 0 Å². The number of aromatic nitrogens is 1. The van der Waals surface area contributed by atoms with Crippen LogP contribution >= 0.6 is 11.5 Å². The summed E-state index contributed by atoms with van der Waals surface area (Å²) in [6, 6.07) is 22.2. The summed E-state index contributed by atoms with van der Waals surface area (Å²) in [6.45, 7) is 3.73. The van der Waals surface area contributed by atoms with Crippen LogP contribution in [0, 0.1) is 6.92 Å². The Balaban J connectivity index is 1.24. The SMILES string of the molecule is Cc1nsc(-c2ccc3c(c2)CCc2cc(C4(C(=O)O)CC4)ccc2-3)c1NC(=O)O[C@H](C)c1ccccc1. The highest BCUT2D eigenvalue weighted by atomic mass is 32.1. The molecule has 0 bridgehead atoms. The van der Waals surface area contributed by atoms with Crippen molar-refractivity contribution in [3.8, 4) is 21.6 Å². The molecule has 0 saturated heterocycles. The van der Waals surface area contributed by atoms with Crippen molar-refractivity contribution in [3.05, 3.63) is 94.7 Å². The van der Waals surface area contributed by atoms with Crippen LogP contribution in [0.25, 0.3) is 21.6 Å². The standard InChI is InChI=1S/C31H28N2O4S/c1-18-27(32-30(36)37-19(2)20-6-4-3-5-7-20)28(38-33-18)23-10-12-25-21(16-23)8-9-22-17-24(11-13-26(22)25)31(14-15-31)29(34)35/h3-7,10-13,16-17,19H,8-9,14-15H2,1-2H3,(H,32,36)(H,34,35)/t19-/m1/s1. The summed E-state index contributed by atoms with van der Waals surface area (Å²) in [6.07, 6.45) is 2.28. The molecule has 6 rings (SSSR count). The topological polar surface area (TPSA) is 88.5 Å². The third-order valence-electron chi connectivity index (χ3n) is 7.78. The average Bonchev–Trinajstić information content (AvgIpc) is 3.67. The van der Waals surface area contributed by atoms with Crippen LogP contribution in [-0.4, -0.2) is 21.5 Å². The molecule has 1 amide bonds. The third kappa shape index (κ3) is 4.27. The number of rotatable bonds is 6. The van der Waals surface area contributed by atoms with Gasteiger partial charge in [-0.3, -0.25) is 10.1 Å². The van der Waals surface area contributed by atoms with Gasteiger partial charge < -0.3 is 9.84 Å². The van der Waals surface area contributed by atoms with Gasteiger partial charge in [0.25, 0.3) is 0 Å². The van der Waals surface area contributed by atoms with Crippen molar-refractivity contribution in [1.82, 2.24) is 4.37 Å². The highest BCUT2D eigenvalue weighted by Crippen LogP contribution is 2.50. The molecule has 2 aliphatic carbocycles. The van der Waals surface area contributed by atoms with Gasteiger partial charge >= 0.3 is 12.1 Å². The van der Waals surface area contributed by atoms with Gasteiger partial charge in [0, 0.05) is 0 Å². The van der Waals surface area contributed by atoms with Crippen LogP contribution in [0.5, 0.6) is 0 Å². The summed E-state index contributed by atoms with van der Waals surface area (Å²) in [7, 11) is 0. The number of carbonyl (C=O) groups is 2. The smallest absolute Gasteiger partial charge is 0.412 e. The molecular formula is C31H28N2O4S. The van der Waals surface area contributed by atoms with Crippen molar-refractivity contribution in [2.45, 2.75) is 51.0 Å². The fraction of sp³-hybridized carbons (Fsp3) is 0.258. The van der Waals surface area contributed by atoms with Crippen LogP contribution in [0.1, 0.15) is 53.8 Å². The minimum Gasteiger partial charge on any atom is -0.481 e. The number of fused-ring (bicyclic) bond motifs is 3. The number of carbonyl (C=O) groups excluding carboxylic acids is 1. The molecule has 0 aliphatic heterocycles. The highest BCUT2D eigenvalue weighted by molar-refractivity contribution is 7.10. The zero-order valence-electron chi connectivity index (χ0n) is 21.3. The normalized spacial score (nSPS) is 15.6. The van der Waals surface area contributed by atoms with Gasteiger partial charge in [-0.05, 0) is 96.1 Å². The second kappa shape index (κ2) is 9.40. The van der Waals surface area contributed by atoms with E-state index in [4.69, 9.17) is 4.74 Å². The number of hydrogen-bond donors (Lipinski definition) is 2. The molecule has 0 spiro atoms. The van der Waals surface area contributed by atoms with Crippen LogP contribution in [0.2, 0.25) is 0 Å². The average molecular weight is 525 g/mol. The molecule has 0 radical (unpaired) electrons. The monoisotopic (exact) mass is 524 g/mol. The quantitative estimate of drug-likeness (QED) is 0.276. The van der Waals surface area contributed by atoms with Crippen molar-refractivity contribution >= 4 is 29.3 Å². The number of nitrogens with one attached hydrogen (secondary N) is 1. The van der Waals surface area contributed by atoms with Crippen molar-refractivity contribution in [2.24, 2.45) is 0 Å². The first-order valence-electron chi connectivity index (χ1n) is 12.8. The number of carboxylic acid groups (broad SMARTS) is 1. The number of anilines is 1. The number of hydrogen-bond acceptors (Lipinski definition) is 5. The number of benzene rings is 3. The fourth-order valence-corrected chi connectivity index (χ4v) is 6.23. The largest absolute Gasteiger partial charge is 0.481 e. The summed E-state index contributed by atoms with van der Waals surface area (Å²) in [5.74, 6) is -0.721. The molecule has 7 heteroatoms. The Morgan fingerprint density at radius 3 is 2.37 bits per heavy atom. The zero-order valence-corrected chi connectivity index (χ0v) is 22.1. The van der Waals surface area contributed by atoms with Crippen LogP contribution in [0.4, 0.5) is 10.5 Å². The molecule has 38 heavy (non-hydrogen) atoms. The van der Waals surface area contributed by atoms with Gasteiger partial charge in [-0.15, -0.1) is 0 Å². The van der Waals surface area contributed by atoms with Crippen LogP contribution in [0.15, 0.2) is 66.7 Å². The summed E-state index contributed by atoms with van der Waals surface area (Å²) >= 11 is 1.36. The molecule has 1 heterocycles. The molecule has 6 nitrogen and oxygen atoms in total. The maximum Gasteiger partial charge on any atom is 0.412 e. The molecule has 1 saturated carbocycles. The Labute approximate surface area is 225 Å². The summed E-state index contributed by atoms with van der Waals surface area (Å²) in [4.78, 5) is 25.4. The van der Waals surface area contributed by atoms with E-state index in [0.29, 0.717) is 18.5 Å². The van der Waals surface area contributed by atoms with E-state index in [9.17, 15) is 14.7 Å². The number of amides is 1. The highest BCUT2D eigenvalue weighted by Gasteiger charge is 2.51. The Morgan fingerprint density at radius 2 is 1.68 bits per heavy atom. The van der Waals surface area contributed by atoms with Crippen LogP contribution in [-0.2, 0) is 27.8 Å². The molecule has 2 N–H and O–H groups in total. The predicted molar refractivity (Wildman–Crippen MR) is 149 cm³/mol. The van der Waals surface area contributed by atoms with Crippen LogP contribution < -0.4 is 5.32 Å². The molecule has 0 unspecified atom stereocenters. The maximum atomic E-state index is 12.8. The first kappa shape index (κ1) is 24.4. The van der Waals surface area contributed by atoms with Gasteiger partial charge in [0.1, 0.15) is 6.10 Å². The molecule has 192 valence electrons. The Kier molecular flexibility index (Phi) is 6.03. The first-order chi connectivity index (χ1) is 18.4. The molecule has 1 aromatic heterocycles. The number of aliphatic carboxylic acids is 1. The molecule has 1 atom stereocenters. The molecule has 4 aromatic rings. The van der Waals surface area contributed by atoms with Crippen molar-refractivity contribution in [1.29, 1.82) is 0 Å². The van der Waals surface area contributed by atoms with E-state index in [1.165, 1.54) is 33.8 Å². The van der Waals surface area contributed by atoms with Gasteiger partial charge in [0.2, 0.25) is 0 Å². The Bertz CT molecular complexity index is 1560. The minimum absolute atomic E-state index is 0.374. The third-order valence-corrected chi connectivity index (χ3v) is 8.77. The molecule has 1 fully saturated rings.